The van der Waals surface area contributed by atoms with E-state index in [0.29, 0.717) is 18.8 Å². The summed E-state index contributed by atoms with van der Waals surface area (Å²) in [4.78, 5) is 0. The number of hydrogen-bond acceptors (Lipinski definition) is 4. The van der Waals surface area contributed by atoms with Crippen molar-refractivity contribution < 1.29 is 20.1 Å². The lowest BCUT2D eigenvalue weighted by molar-refractivity contribution is 0.0205. The summed E-state index contributed by atoms with van der Waals surface area (Å²) >= 11 is 0. The van der Waals surface area contributed by atoms with E-state index in [4.69, 9.17) is 4.74 Å². The van der Waals surface area contributed by atoms with Crippen molar-refractivity contribution in [2.75, 3.05) is 0 Å². The number of aliphatic hydroxyl groups excluding tert-OH is 3. The second kappa shape index (κ2) is 5.17. The molecule has 0 aromatic carbocycles. The third kappa shape index (κ3) is 2.87. The Kier molecular flexibility index (Phi) is 4.07. The molecule has 0 unspecified atom stereocenters. The van der Waals surface area contributed by atoms with Crippen LogP contribution in [0.4, 0.5) is 0 Å². The topological polar surface area (TPSA) is 73.2 Å². The van der Waals surface area contributed by atoms with E-state index in [0.717, 1.165) is 5.57 Å². The molecule has 0 radical (unpaired) electrons. The smallest absolute Gasteiger partial charge is 0.113 e. The summed E-state index contributed by atoms with van der Waals surface area (Å²) < 4.78 is 5.64. The first-order chi connectivity index (χ1) is 8.76. The van der Waals surface area contributed by atoms with Crippen molar-refractivity contribution >= 4 is 0 Å². The van der Waals surface area contributed by atoms with Gasteiger partial charge in [0.2, 0.25) is 0 Å². The highest BCUT2D eigenvalue weighted by Gasteiger charge is 2.58. The average molecular weight is 270 g/mol. The maximum Gasteiger partial charge on any atom is 0.113 e. The maximum atomic E-state index is 10.5. The summed E-state index contributed by atoms with van der Waals surface area (Å²) in [6.45, 7) is 7.91. The number of aliphatic hydroxyl groups is 3. The van der Waals surface area contributed by atoms with E-state index in [1.54, 1.807) is 0 Å². The molecule has 2 aliphatic rings. The Bertz CT molecular complexity index is 365. The molecule has 4 heteroatoms. The minimum absolute atomic E-state index is 0.115. The Labute approximate surface area is 115 Å². The van der Waals surface area contributed by atoms with Crippen molar-refractivity contribution in [3.8, 4) is 0 Å². The summed E-state index contributed by atoms with van der Waals surface area (Å²) in [6, 6.07) is 0. The van der Waals surface area contributed by atoms with Crippen LogP contribution in [-0.4, -0.2) is 45.3 Å². The molecule has 0 bridgehead atoms. The van der Waals surface area contributed by atoms with Gasteiger partial charge in [0.05, 0.1) is 17.8 Å². The summed E-state index contributed by atoms with van der Waals surface area (Å²) in [6.07, 6.45) is 0.562. The molecule has 0 aromatic heterocycles. The molecule has 1 fully saturated rings. The van der Waals surface area contributed by atoms with Crippen LogP contribution < -0.4 is 0 Å². The number of fused-ring (bicyclic) bond motifs is 1. The molecular formula is C15H26O4. The predicted molar refractivity (Wildman–Crippen MR) is 72.6 cm³/mol. The lowest BCUT2D eigenvalue weighted by Crippen LogP contribution is -2.38. The van der Waals surface area contributed by atoms with Gasteiger partial charge in [-0.05, 0) is 37.7 Å². The molecule has 6 atom stereocenters. The molecule has 0 spiro atoms. The Morgan fingerprint density at radius 2 is 1.95 bits per heavy atom. The van der Waals surface area contributed by atoms with Gasteiger partial charge in [0.1, 0.15) is 12.2 Å². The Balaban J connectivity index is 2.26. The normalized spacial score (nSPS) is 50.3. The highest BCUT2D eigenvalue weighted by Crippen LogP contribution is 2.46. The highest BCUT2D eigenvalue weighted by atomic mass is 16.6. The molecule has 0 aromatic rings. The first kappa shape index (κ1) is 15.0. The molecule has 1 aliphatic heterocycles. The summed E-state index contributed by atoms with van der Waals surface area (Å²) in [5.41, 5.74) is 0.262. The lowest BCUT2D eigenvalue weighted by atomic mass is 9.80. The van der Waals surface area contributed by atoms with Gasteiger partial charge in [-0.25, -0.2) is 0 Å². The highest BCUT2D eigenvalue weighted by molar-refractivity contribution is 5.14. The van der Waals surface area contributed by atoms with Crippen molar-refractivity contribution in [3.05, 3.63) is 11.6 Å². The zero-order valence-corrected chi connectivity index (χ0v) is 12.2. The second-order valence-electron chi connectivity index (χ2n) is 6.65. The zero-order chi connectivity index (χ0) is 14.4. The Hall–Kier alpha value is -0.420. The van der Waals surface area contributed by atoms with Crippen LogP contribution in [0.2, 0.25) is 0 Å². The van der Waals surface area contributed by atoms with Crippen LogP contribution in [0.1, 0.15) is 40.5 Å². The second-order valence-corrected chi connectivity index (χ2v) is 6.65. The zero-order valence-electron chi connectivity index (χ0n) is 12.2. The fourth-order valence-corrected chi connectivity index (χ4v) is 3.15. The van der Waals surface area contributed by atoms with Gasteiger partial charge in [-0.1, -0.05) is 19.9 Å². The lowest BCUT2D eigenvalue weighted by Gasteiger charge is -2.28. The summed E-state index contributed by atoms with van der Waals surface area (Å²) in [5, 5.41) is 30.6. The first-order valence-electron chi connectivity index (χ1n) is 7.15. The summed E-state index contributed by atoms with van der Waals surface area (Å²) in [5.74, 6) is 0.457. The van der Waals surface area contributed by atoms with E-state index in [9.17, 15) is 15.3 Å². The number of allylic oxidation sites excluding steroid dienone is 1. The third-order valence-corrected chi connectivity index (χ3v) is 4.70. The van der Waals surface area contributed by atoms with Crippen molar-refractivity contribution in [1.29, 1.82) is 0 Å². The molecule has 1 saturated heterocycles. The standard InChI is InChI=1S/C15H26O4/c1-8(2)10-6-5-9(3)12(17)11(16)7-15(4)14(19-15)13(10)18/h5,8,10-14,16-18H,6-7H2,1-4H3/b9-5-/t10-,11+,12-,13-,14+,15+/m1/s1. The maximum absolute atomic E-state index is 10.5. The van der Waals surface area contributed by atoms with Gasteiger partial charge in [-0.3, -0.25) is 0 Å². The third-order valence-electron chi connectivity index (χ3n) is 4.70. The van der Waals surface area contributed by atoms with Crippen molar-refractivity contribution in [1.82, 2.24) is 0 Å². The van der Waals surface area contributed by atoms with Gasteiger partial charge in [0.25, 0.3) is 0 Å². The van der Waals surface area contributed by atoms with Crippen molar-refractivity contribution in [2.24, 2.45) is 11.8 Å². The van der Waals surface area contributed by atoms with E-state index >= 15 is 0 Å². The van der Waals surface area contributed by atoms with Crippen LogP contribution in [0, 0.1) is 11.8 Å². The van der Waals surface area contributed by atoms with E-state index in [1.165, 1.54) is 0 Å². The Morgan fingerprint density at radius 1 is 1.32 bits per heavy atom. The molecule has 1 heterocycles. The minimum atomic E-state index is -0.843. The molecule has 19 heavy (non-hydrogen) atoms. The van der Waals surface area contributed by atoms with Crippen molar-refractivity contribution in [2.45, 2.75) is 70.6 Å². The summed E-state index contributed by atoms with van der Waals surface area (Å²) in [7, 11) is 0. The van der Waals surface area contributed by atoms with Gasteiger partial charge < -0.3 is 20.1 Å². The molecule has 0 amide bonds. The first-order valence-corrected chi connectivity index (χ1v) is 7.15. The fraction of sp³-hybridized carbons (Fsp3) is 0.867. The van der Waals surface area contributed by atoms with E-state index < -0.39 is 23.9 Å². The van der Waals surface area contributed by atoms with Crippen LogP contribution in [0.3, 0.4) is 0 Å². The number of epoxide rings is 1. The predicted octanol–water partition coefficient (Wildman–Crippen LogP) is 1.24. The minimum Gasteiger partial charge on any atom is -0.390 e. The monoisotopic (exact) mass is 270 g/mol. The van der Waals surface area contributed by atoms with Crippen LogP contribution in [0.15, 0.2) is 11.6 Å². The molecule has 3 N–H and O–H groups in total. The van der Waals surface area contributed by atoms with Gasteiger partial charge in [-0.15, -0.1) is 0 Å². The van der Waals surface area contributed by atoms with Crippen LogP contribution in [0.25, 0.3) is 0 Å². The molecule has 2 rings (SSSR count). The van der Waals surface area contributed by atoms with E-state index in [1.807, 2.05) is 19.9 Å². The van der Waals surface area contributed by atoms with Gasteiger partial charge in [-0.2, -0.15) is 0 Å². The van der Waals surface area contributed by atoms with Crippen LogP contribution in [0.5, 0.6) is 0 Å². The quantitative estimate of drug-likeness (QED) is 0.495. The number of hydrogen-bond donors (Lipinski definition) is 3. The van der Waals surface area contributed by atoms with Crippen molar-refractivity contribution in [3.63, 3.8) is 0 Å². The SMILES string of the molecule is C/C1=C/C[C@H](C(C)C)[C@@H](O)[C@@H]2O[C@@]2(C)C[C@H](O)[C@@H]1O. The van der Waals surface area contributed by atoms with Crippen LogP contribution >= 0.6 is 0 Å². The molecule has 0 saturated carbocycles. The molecule has 1 aliphatic carbocycles. The number of rotatable bonds is 1. The fourth-order valence-electron chi connectivity index (χ4n) is 3.15. The Morgan fingerprint density at radius 3 is 2.53 bits per heavy atom. The number of ether oxygens (including phenoxy) is 1. The van der Waals surface area contributed by atoms with E-state index in [2.05, 4.69) is 13.8 Å². The van der Waals surface area contributed by atoms with Gasteiger partial charge in [0, 0.05) is 6.42 Å². The van der Waals surface area contributed by atoms with Crippen LogP contribution in [-0.2, 0) is 4.74 Å². The molecule has 4 nitrogen and oxygen atoms in total. The van der Waals surface area contributed by atoms with E-state index in [-0.39, 0.29) is 12.0 Å². The largest absolute Gasteiger partial charge is 0.390 e. The van der Waals surface area contributed by atoms with Gasteiger partial charge >= 0.3 is 0 Å². The molecule has 110 valence electrons. The van der Waals surface area contributed by atoms with Gasteiger partial charge in [0.15, 0.2) is 0 Å². The molecular weight excluding hydrogens is 244 g/mol. The average Bonchev–Trinajstić information content (AvgIpc) is 2.98.